The fourth-order valence-corrected chi connectivity index (χ4v) is 2.45. The Bertz CT molecular complexity index is 884. The summed E-state index contributed by atoms with van der Waals surface area (Å²) in [6.45, 7) is 3.86. The van der Waals surface area contributed by atoms with E-state index in [9.17, 15) is 14.4 Å². The van der Waals surface area contributed by atoms with E-state index in [1.807, 2.05) is 13.8 Å². The van der Waals surface area contributed by atoms with Gasteiger partial charge in [-0.3, -0.25) is 14.2 Å². The molecule has 136 valence electrons. The fourth-order valence-electron chi connectivity index (χ4n) is 2.45. The minimum atomic E-state index is -0.568. The maximum absolute atomic E-state index is 12.6. The summed E-state index contributed by atoms with van der Waals surface area (Å²) in [5.74, 6) is 0.601. The number of fused-ring (bicyclic) bond motifs is 1. The standard InChI is InChI=1S/C17H23N3O5/c1-5-10(2)18-15(21)6-7-20-16(22)11-8-13(24-3)14(25-4)9-12(11)19-17(20)23/h8-10H,5-7H2,1-4H3,(H,18,21)(H,19,23)/t10-/m0/s1. The van der Waals surface area contributed by atoms with E-state index >= 15 is 0 Å². The van der Waals surface area contributed by atoms with Crippen LogP contribution in [0.15, 0.2) is 21.7 Å². The molecule has 1 atom stereocenters. The van der Waals surface area contributed by atoms with Crippen molar-refractivity contribution in [2.75, 3.05) is 14.2 Å². The Balaban J connectivity index is 2.37. The zero-order valence-corrected chi connectivity index (χ0v) is 14.8. The number of amides is 1. The average molecular weight is 349 g/mol. The van der Waals surface area contributed by atoms with Gasteiger partial charge in [0.2, 0.25) is 5.91 Å². The van der Waals surface area contributed by atoms with E-state index in [0.29, 0.717) is 22.4 Å². The number of ether oxygens (including phenoxy) is 2. The molecule has 0 fully saturated rings. The Morgan fingerprint density at radius 1 is 1.24 bits per heavy atom. The van der Waals surface area contributed by atoms with Gasteiger partial charge in [-0.05, 0) is 19.4 Å². The van der Waals surface area contributed by atoms with E-state index in [4.69, 9.17) is 9.47 Å². The first kappa shape index (κ1) is 18.6. The molecule has 0 aliphatic rings. The van der Waals surface area contributed by atoms with Crippen LogP contribution in [-0.4, -0.2) is 35.7 Å². The highest BCUT2D eigenvalue weighted by atomic mass is 16.5. The number of H-pyrrole nitrogens is 1. The Morgan fingerprint density at radius 2 is 1.88 bits per heavy atom. The van der Waals surface area contributed by atoms with Gasteiger partial charge in [0.1, 0.15) is 0 Å². The fraction of sp³-hybridized carbons (Fsp3) is 0.471. The number of aromatic nitrogens is 2. The number of nitrogens with zero attached hydrogens (tertiary/aromatic N) is 1. The molecule has 8 nitrogen and oxygen atoms in total. The number of methoxy groups -OCH3 is 2. The summed E-state index contributed by atoms with van der Waals surface area (Å²) < 4.78 is 11.4. The lowest BCUT2D eigenvalue weighted by atomic mass is 10.2. The maximum atomic E-state index is 12.6. The van der Waals surface area contributed by atoms with Gasteiger partial charge in [0.25, 0.3) is 5.56 Å². The first-order valence-corrected chi connectivity index (χ1v) is 8.09. The van der Waals surface area contributed by atoms with Gasteiger partial charge in [-0.2, -0.15) is 0 Å². The van der Waals surface area contributed by atoms with Crippen LogP contribution >= 0.6 is 0 Å². The van der Waals surface area contributed by atoms with Crippen LogP contribution < -0.4 is 26.0 Å². The van der Waals surface area contributed by atoms with Crippen LogP contribution in [0.2, 0.25) is 0 Å². The molecule has 1 amide bonds. The average Bonchev–Trinajstić information content (AvgIpc) is 2.60. The zero-order chi connectivity index (χ0) is 18.6. The van der Waals surface area contributed by atoms with Crippen molar-refractivity contribution in [1.82, 2.24) is 14.9 Å². The van der Waals surface area contributed by atoms with Gasteiger partial charge in [0.05, 0.1) is 25.1 Å². The number of carbonyl (C=O) groups is 1. The van der Waals surface area contributed by atoms with Crippen molar-refractivity contribution in [1.29, 1.82) is 0 Å². The lowest BCUT2D eigenvalue weighted by molar-refractivity contribution is -0.121. The van der Waals surface area contributed by atoms with Crippen molar-refractivity contribution in [2.45, 2.75) is 39.3 Å². The first-order chi connectivity index (χ1) is 11.9. The van der Waals surface area contributed by atoms with Gasteiger partial charge < -0.3 is 19.8 Å². The number of rotatable bonds is 7. The molecule has 0 saturated heterocycles. The second-order valence-corrected chi connectivity index (χ2v) is 5.77. The maximum Gasteiger partial charge on any atom is 0.328 e. The van der Waals surface area contributed by atoms with E-state index in [2.05, 4.69) is 10.3 Å². The normalized spacial score (nSPS) is 12.0. The van der Waals surface area contributed by atoms with Gasteiger partial charge in [-0.1, -0.05) is 6.92 Å². The molecule has 0 radical (unpaired) electrons. The Kier molecular flexibility index (Phi) is 5.84. The third kappa shape index (κ3) is 4.01. The number of carbonyl (C=O) groups excluding carboxylic acids is 1. The summed E-state index contributed by atoms with van der Waals surface area (Å²) in [7, 11) is 2.94. The second kappa shape index (κ2) is 7.87. The molecular weight excluding hydrogens is 326 g/mol. The molecule has 0 unspecified atom stereocenters. The molecule has 2 rings (SSSR count). The lowest BCUT2D eigenvalue weighted by Gasteiger charge is -2.12. The van der Waals surface area contributed by atoms with Crippen LogP contribution in [0.5, 0.6) is 11.5 Å². The quantitative estimate of drug-likeness (QED) is 0.777. The number of aromatic amines is 1. The van der Waals surface area contributed by atoms with Crippen molar-refractivity contribution in [2.24, 2.45) is 0 Å². The van der Waals surface area contributed by atoms with E-state index in [1.54, 1.807) is 0 Å². The summed E-state index contributed by atoms with van der Waals surface area (Å²) in [4.78, 5) is 39.3. The van der Waals surface area contributed by atoms with Crippen LogP contribution in [0.25, 0.3) is 10.9 Å². The van der Waals surface area contributed by atoms with Gasteiger partial charge in [0, 0.05) is 25.1 Å². The minimum absolute atomic E-state index is 0.000713. The molecule has 25 heavy (non-hydrogen) atoms. The molecule has 1 aromatic carbocycles. The molecule has 0 saturated carbocycles. The smallest absolute Gasteiger partial charge is 0.328 e. The van der Waals surface area contributed by atoms with Crippen LogP contribution in [0.1, 0.15) is 26.7 Å². The largest absolute Gasteiger partial charge is 0.493 e. The Hall–Kier alpha value is -2.77. The Labute approximate surface area is 144 Å². The molecule has 2 N–H and O–H groups in total. The monoisotopic (exact) mass is 349 g/mol. The summed E-state index contributed by atoms with van der Waals surface area (Å²) in [6.07, 6.45) is 0.857. The van der Waals surface area contributed by atoms with Crippen LogP contribution in [0, 0.1) is 0 Å². The number of hydrogen-bond donors (Lipinski definition) is 2. The zero-order valence-electron chi connectivity index (χ0n) is 14.8. The van der Waals surface area contributed by atoms with Crippen molar-refractivity contribution in [3.8, 4) is 11.5 Å². The number of nitrogens with one attached hydrogen (secondary N) is 2. The molecule has 0 bridgehead atoms. The van der Waals surface area contributed by atoms with Gasteiger partial charge >= 0.3 is 5.69 Å². The first-order valence-electron chi connectivity index (χ1n) is 8.09. The predicted molar refractivity (Wildman–Crippen MR) is 94.4 cm³/mol. The Morgan fingerprint density at radius 3 is 2.48 bits per heavy atom. The van der Waals surface area contributed by atoms with Crippen molar-refractivity contribution in [3.63, 3.8) is 0 Å². The van der Waals surface area contributed by atoms with Crippen molar-refractivity contribution in [3.05, 3.63) is 33.0 Å². The highest BCUT2D eigenvalue weighted by Gasteiger charge is 2.14. The minimum Gasteiger partial charge on any atom is -0.493 e. The van der Waals surface area contributed by atoms with E-state index in [1.165, 1.54) is 26.4 Å². The lowest BCUT2D eigenvalue weighted by Crippen LogP contribution is -2.38. The summed E-state index contributed by atoms with van der Waals surface area (Å²) in [5.41, 5.74) is -0.690. The van der Waals surface area contributed by atoms with E-state index in [-0.39, 0.29) is 24.9 Å². The van der Waals surface area contributed by atoms with Gasteiger partial charge in [-0.25, -0.2) is 4.79 Å². The molecule has 1 heterocycles. The molecule has 0 spiro atoms. The van der Waals surface area contributed by atoms with Crippen molar-refractivity contribution < 1.29 is 14.3 Å². The van der Waals surface area contributed by atoms with Crippen LogP contribution in [0.3, 0.4) is 0 Å². The van der Waals surface area contributed by atoms with Gasteiger partial charge in [0.15, 0.2) is 11.5 Å². The molecule has 8 heteroatoms. The van der Waals surface area contributed by atoms with Crippen molar-refractivity contribution >= 4 is 16.8 Å². The SMILES string of the molecule is CC[C@H](C)NC(=O)CCn1c(=O)[nH]c2cc(OC)c(OC)cc2c1=O. The van der Waals surface area contributed by atoms with Crippen LogP contribution in [0.4, 0.5) is 0 Å². The molecule has 0 aliphatic heterocycles. The molecule has 1 aromatic heterocycles. The topological polar surface area (TPSA) is 102 Å². The third-order valence-corrected chi connectivity index (χ3v) is 4.07. The summed E-state index contributed by atoms with van der Waals surface area (Å²) >= 11 is 0. The molecule has 0 aliphatic carbocycles. The molecular formula is C17H23N3O5. The van der Waals surface area contributed by atoms with E-state index < -0.39 is 11.2 Å². The van der Waals surface area contributed by atoms with E-state index in [0.717, 1.165) is 11.0 Å². The second-order valence-electron chi connectivity index (χ2n) is 5.77. The number of benzene rings is 1. The van der Waals surface area contributed by atoms with Crippen LogP contribution in [-0.2, 0) is 11.3 Å². The predicted octanol–water partition coefficient (Wildman–Crippen LogP) is 1.01. The highest BCUT2D eigenvalue weighted by molar-refractivity contribution is 5.81. The third-order valence-electron chi connectivity index (χ3n) is 4.07. The molecule has 2 aromatic rings. The summed E-state index contributed by atoms with van der Waals surface area (Å²) in [5, 5.41) is 3.10. The highest BCUT2D eigenvalue weighted by Crippen LogP contribution is 2.29. The van der Waals surface area contributed by atoms with Gasteiger partial charge in [-0.15, -0.1) is 0 Å². The summed E-state index contributed by atoms with van der Waals surface area (Å²) in [6, 6.07) is 3.11. The number of hydrogen-bond acceptors (Lipinski definition) is 5.